The van der Waals surface area contributed by atoms with Gasteiger partial charge in [-0.3, -0.25) is 0 Å². The van der Waals surface area contributed by atoms with Gasteiger partial charge in [0.05, 0.1) is 12.2 Å². The maximum atomic E-state index is 9.55. The first-order chi connectivity index (χ1) is 13.0. The molecule has 5 heteroatoms. The summed E-state index contributed by atoms with van der Waals surface area (Å²) in [6.07, 6.45) is -1.12. The van der Waals surface area contributed by atoms with Gasteiger partial charge in [0.2, 0.25) is 0 Å². The van der Waals surface area contributed by atoms with E-state index in [4.69, 9.17) is 14.2 Å². The fourth-order valence-corrected chi connectivity index (χ4v) is 2.60. The second kappa shape index (κ2) is 8.75. The van der Waals surface area contributed by atoms with Gasteiger partial charge in [-0.15, -0.1) is 0 Å². The Balaban J connectivity index is 1.98. The van der Waals surface area contributed by atoms with Crippen molar-refractivity contribution >= 4 is 10.8 Å². The van der Waals surface area contributed by atoms with Gasteiger partial charge in [-0.05, 0) is 55.6 Å². The molecule has 0 aliphatic carbocycles. The van der Waals surface area contributed by atoms with Gasteiger partial charge in [0.1, 0.15) is 24.7 Å². The van der Waals surface area contributed by atoms with Gasteiger partial charge in [0, 0.05) is 5.39 Å². The van der Waals surface area contributed by atoms with Crippen LogP contribution in [-0.2, 0) is 0 Å². The SMILES string of the molecule is CC(O)COc1ccc2c(Oc3ccccc3)c(OCC(C)O)ccc2c1. The van der Waals surface area contributed by atoms with Crippen molar-refractivity contribution in [2.75, 3.05) is 13.2 Å². The zero-order valence-corrected chi connectivity index (χ0v) is 15.5. The van der Waals surface area contributed by atoms with E-state index >= 15 is 0 Å². The van der Waals surface area contributed by atoms with Crippen molar-refractivity contribution in [3.8, 4) is 23.0 Å². The number of hydrogen-bond acceptors (Lipinski definition) is 5. The van der Waals surface area contributed by atoms with E-state index in [1.807, 2.05) is 60.7 Å². The summed E-state index contributed by atoms with van der Waals surface area (Å²) in [6.45, 7) is 3.75. The van der Waals surface area contributed by atoms with Crippen molar-refractivity contribution in [1.29, 1.82) is 0 Å². The maximum absolute atomic E-state index is 9.55. The van der Waals surface area contributed by atoms with E-state index < -0.39 is 12.2 Å². The van der Waals surface area contributed by atoms with Gasteiger partial charge in [-0.25, -0.2) is 0 Å². The third-order valence-electron chi connectivity index (χ3n) is 3.84. The van der Waals surface area contributed by atoms with E-state index in [-0.39, 0.29) is 13.2 Å². The van der Waals surface area contributed by atoms with Crippen LogP contribution in [0.5, 0.6) is 23.0 Å². The lowest BCUT2D eigenvalue weighted by molar-refractivity contribution is 0.121. The number of rotatable bonds is 8. The first-order valence-corrected chi connectivity index (χ1v) is 8.94. The van der Waals surface area contributed by atoms with Crippen LogP contribution in [0.4, 0.5) is 0 Å². The van der Waals surface area contributed by atoms with Crippen LogP contribution in [0.15, 0.2) is 60.7 Å². The number of ether oxygens (including phenoxy) is 3. The molecule has 0 spiro atoms. The molecule has 0 amide bonds. The Morgan fingerprint density at radius 1 is 0.778 bits per heavy atom. The Morgan fingerprint density at radius 2 is 1.48 bits per heavy atom. The van der Waals surface area contributed by atoms with Crippen molar-refractivity contribution in [3.63, 3.8) is 0 Å². The molecule has 3 aromatic rings. The summed E-state index contributed by atoms with van der Waals surface area (Å²) in [4.78, 5) is 0. The quantitative estimate of drug-likeness (QED) is 0.625. The van der Waals surface area contributed by atoms with E-state index in [0.29, 0.717) is 23.0 Å². The zero-order valence-electron chi connectivity index (χ0n) is 15.5. The smallest absolute Gasteiger partial charge is 0.177 e. The molecule has 3 aromatic carbocycles. The minimum Gasteiger partial charge on any atom is -0.491 e. The van der Waals surface area contributed by atoms with Gasteiger partial charge in [0.15, 0.2) is 11.5 Å². The number of benzene rings is 3. The van der Waals surface area contributed by atoms with E-state index in [1.165, 1.54) is 0 Å². The van der Waals surface area contributed by atoms with Gasteiger partial charge in [-0.1, -0.05) is 24.3 Å². The second-order valence-electron chi connectivity index (χ2n) is 6.51. The van der Waals surface area contributed by atoms with Crippen LogP contribution in [0, 0.1) is 0 Å². The summed E-state index contributed by atoms with van der Waals surface area (Å²) in [5.74, 6) is 2.51. The number of para-hydroxylation sites is 1. The van der Waals surface area contributed by atoms with Crippen molar-refractivity contribution in [2.45, 2.75) is 26.1 Å². The molecule has 0 saturated heterocycles. The third kappa shape index (κ3) is 5.12. The Labute approximate surface area is 158 Å². The normalized spacial score (nSPS) is 13.2. The molecule has 2 unspecified atom stereocenters. The van der Waals surface area contributed by atoms with Crippen molar-refractivity contribution in [2.24, 2.45) is 0 Å². The molecule has 5 nitrogen and oxygen atoms in total. The number of hydrogen-bond donors (Lipinski definition) is 2. The van der Waals surface area contributed by atoms with E-state index in [2.05, 4.69) is 0 Å². The summed E-state index contributed by atoms with van der Waals surface area (Å²) in [5.41, 5.74) is 0. The van der Waals surface area contributed by atoms with Gasteiger partial charge < -0.3 is 24.4 Å². The van der Waals surface area contributed by atoms with Gasteiger partial charge in [-0.2, -0.15) is 0 Å². The van der Waals surface area contributed by atoms with E-state index in [0.717, 1.165) is 10.8 Å². The molecule has 0 saturated carbocycles. The Hall–Kier alpha value is -2.76. The molecule has 0 heterocycles. The van der Waals surface area contributed by atoms with Gasteiger partial charge in [0.25, 0.3) is 0 Å². The standard InChI is InChI=1S/C22H24O5/c1-15(23)13-25-19-9-10-20-17(12-19)8-11-21(26-14-16(2)24)22(20)27-18-6-4-3-5-7-18/h3-12,15-16,23-24H,13-14H2,1-2H3. The van der Waals surface area contributed by atoms with E-state index in [1.54, 1.807) is 13.8 Å². The van der Waals surface area contributed by atoms with Crippen LogP contribution in [0.25, 0.3) is 10.8 Å². The average molecular weight is 368 g/mol. The molecule has 2 atom stereocenters. The minimum atomic E-state index is -0.582. The molecule has 3 rings (SSSR count). The Bertz CT molecular complexity index is 875. The molecular formula is C22H24O5. The lowest BCUT2D eigenvalue weighted by Gasteiger charge is -2.16. The fourth-order valence-electron chi connectivity index (χ4n) is 2.60. The van der Waals surface area contributed by atoms with Crippen LogP contribution in [-0.4, -0.2) is 35.6 Å². The molecule has 0 bridgehead atoms. The predicted molar refractivity (Wildman–Crippen MR) is 105 cm³/mol. The molecule has 0 fully saturated rings. The molecule has 0 aliphatic heterocycles. The number of fused-ring (bicyclic) bond motifs is 1. The largest absolute Gasteiger partial charge is 0.491 e. The molecule has 2 N–H and O–H groups in total. The highest BCUT2D eigenvalue weighted by Gasteiger charge is 2.14. The first-order valence-electron chi connectivity index (χ1n) is 8.94. The van der Waals surface area contributed by atoms with Crippen molar-refractivity contribution in [1.82, 2.24) is 0 Å². The summed E-state index contributed by atoms with van der Waals surface area (Å²) in [6, 6.07) is 18.8. The predicted octanol–water partition coefficient (Wildman–Crippen LogP) is 4.15. The molecule has 0 aromatic heterocycles. The molecule has 27 heavy (non-hydrogen) atoms. The Morgan fingerprint density at radius 3 is 2.19 bits per heavy atom. The molecule has 0 radical (unpaired) electrons. The first kappa shape index (κ1) is 19.0. The average Bonchev–Trinajstić information content (AvgIpc) is 2.66. The Kier molecular flexibility index (Phi) is 6.16. The lowest BCUT2D eigenvalue weighted by Crippen LogP contribution is -2.13. The van der Waals surface area contributed by atoms with Crippen LogP contribution >= 0.6 is 0 Å². The summed E-state index contributed by atoms with van der Waals surface area (Å²) in [5, 5.41) is 20.7. The summed E-state index contributed by atoms with van der Waals surface area (Å²) in [7, 11) is 0. The maximum Gasteiger partial charge on any atom is 0.177 e. The summed E-state index contributed by atoms with van der Waals surface area (Å²) >= 11 is 0. The van der Waals surface area contributed by atoms with Crippen molar-refractivity contribution < 1.29 is 24.4 Å². The number of aliphatic hydroxyl groups is 2. The van der Waals surface area contributed by atoms with Crippen LogP contribution in [0.2, 0.25) is 0 Å². The minimum absolute atomic E-state index is 0.173. The molecular weight excluding hydrogens is 344 g/mol. The monoisotopic (exact) mass is 368 g/mol. The summed E-state index contributed by atoms with van der Waals surface area (Å²) < 4.78 is 17.4. The zero-order chi connectivity index (χ0) is 19.2. The number of aliphatic hydroxyl groups excluding tert-OH is 2. The van der Waals surface area contributed by atoms with Crippen LogP contribution < -0.4 is 14.2 Å². The van der Waals surface area contributed by atoms with E-state index in [9.17, 15) is 10.2 Å². The highest BCUT2D eigenvalue weighted by Crippen LogP contribution is 2.40. The topological polar surface area (TPSA) is 68.2 Å². The lowest BCUT2D eigenvalue weighted by atomic mass is 10.1. The highest BCUT2D eigenvalue weighted by atomic mass is 16.5. The second-order valence-corrected chi connectivity index (χ2v) is 6.51. The third-order valence-corrected chi connectivity index (χ3v) is 3.84. The molecule has 0 aliphatic rings. The van der Waals surface area contributed by atoms with Crippen molar-refractivity contribution in [3.05, 3.63) is 60.7 Å². The molecule has 142 valence electrons. The van der Waals surface area contributed by atoms with Gasteiger partial charge >= 0.3 is 0 Å². The van der Waals surface area contributed by atoms with Crippen LogP contribution in [0.1, 0.15) is 13.8 Å². The van der Waals surface area contributed by atoms with Crippen LogP contribution in [0.3, 0.4) is 0 Å². The highest BCUT2D eigenvalue weighted by molar-refractivity contribution is 5.92. The fraction of sp³-hybridized carbons (Fsp3) is 0.273.